The van der Waals surface area contributed by atoms with Crippen molar-refractivity contribution in [2.75, 3.05) is 11.9 Å². The molecule has 1 unspecified atom stereocenters. The lowest BCUT2D eigenvalue weighted by Gasteiger charge is -2.24. The third-order valence-electron chi connectivity index (χ3n) is 4.41. The number of para-hydroxylation sites is 1. The van der Waals surface area contributed by atoms with Gasteiger partial charge in [0.15, 0.2) is 0 Å². The lowest BCUT2D eigenvalue weighted by Crippen LogP contribution is -2.40. The van der Waals surface area contributed by atoms with Gasteiger partial charge >= 0.3 is 6.03 Å². The molecule has 3 rings (SSSR count). The van der Waals surface area contributed by atoms with Crippen LogP contribution in [0, 0.1) is 11.6 Å². The highest BCUT2D eigenvalue weighted by atomic mass is 19.1. The first-order valence-corrected chi connectivity index (χ1v) is 8.74. The monoisotopic (exact) mass is 382 g/mol. The van der Waals surface area contributed by atoms with E-state index >= 15 is 0 Å². The van der Waals surface area contributed by atoms with E-state index in [0.29, 0.717) is 5.56 Å². The second kappa shape index (κ2) is 8.19. The highest BCUT2D eigenvalue weighted by Gasteiger charge is 2.24. The minimum absolute atomic E-state index is 0.139. The van der Waals surface area contributed by atoms with Crippen LogP contribution in [0.5, 0.6) is 0 Å². The van der Waals surface area contributed by atoms with Crippen molar-refractivity contribution >= 4 is 11.7 Å². The van der Waals surface area contributed by atoms with Crippen LogP contribution in [-0.4, -0.2) is 17.7 Å². The molecule has 3 N–H and O–H groups in total. The maximum atomic E-state index is 13.6. The molecular weight excluding hydrogens is 362 g/mol. The minimum atomic E-state index is -1.36. The lowest BCUT2D eigenvalue weighted by molar-refractivity contribution is 0.0600. The largest absolute Gasteiger partial charge is 0.384 e. The zero-order valence-electron chi connectivity index (χ0n) is 15.2. The molecule has 0 aromatic heterocycles. The summed E-state index contributed by atoms with van der Waals surface area (Å²) in [5.41, 5.74) is 0.760. The van der Waals surface area contributed by atoms with E-state index in [0.717, 1.165) is 23.3 Å². The molecule has 0 radical (unpaired) electrons. The van der Waals surface area contributed by atoms with Crippen molar-refractivity contribution in [2.45, 2.75) is 12.5 Å². The number of hydrogen-bond donors (Lipinski definition) is 3. The van der Waals surface area contributed by atoms with Gasteiger partial charge in [-0.1, -0.05) is 60.7 Å². The molecule has 0 fully saturated rings. The summed E-state index contributed by atoms with van der Waals surface area (Å²) in [5.74, 6) is -1.75. The normalized spacial score (nSPS) is 12.9. The summed E-state index contributed by atoms with van der Waals surface area (Å²) in [6.45, 7) is 1.41. The molecule has 6 heteroatoms. The molecule has 0 aliphatic heterocycles. The standard InChI is InChI=1S/C22H20F2N2O2/c1-22(28,14-25-21(27)26-20-18(23)8-5-9-19(20)24)17-12-10-16(11-13-17)15-6-3-2-4-7-15/h2-13,28H,14H2,1H3,(H2,25,26,27). The van der Waals surface area contributed by atoms with E-state index in [2.05, 4.69) is 10.6 Å². The van der Waals surface area contributed by atoms with Gasteiger partial charge in [-0.15, -0.1) is 0 Å². The summed E-state index contributed by atoms with van der Waals surface area (Å²) >= 11 is 0. The Morgan fingerprint density at radius 1 is 0.893 bits per heavy atom. The van der Waals surface area contributed by atoms with Crippen LogP contribution in [0.3, 0.4) is 0 Å². The fourth-order valence-corrected chi connectivity index (χ4v) is 2.78. The van der Waals surface area contributed by atoms with Gasteiger partial charge in [0.2, 0.25) is 0 Å². The second-order valence-electron chi connectivity index (χ2n) is 6.62. The third-order valence-corrected chi connectivity index (χ3v) is 4.41. The summed E-state index contributed by atoms with van der Waals surface area (Å²) in [6, 6.07) is 19.6. The first kappa shape index (κ1) is 19.5. The number of nitrogens with one attached hydrogen (secondary N) is 2. The summed E-state index contributed by atoms with van der Waals surface area (Å²) < 4.78 is 27.2. The van der Waals surface area contributed by atoms with Crippen molar-refractivity contribution in [3.8, 4) is 11.1 Å². The molecule has 3 aromatic rings. The Bertz CT molecular complexity index is 938. The molecule has 0 bridgehead atoms. The highest BCUT2D eigenvalue weighted by Crippen LogP contribution is 2.25. The van der Waals surface area contributed by atoms with E-state index in [1.807, 2.05) is 42.5 Å². The number of hydrogen-bond acceptors (Lipinski definition) is 2. The van der Waals surface area contributed by atoms with Crippen LogP contribution >= 0.6 is 0 Å². The van der Waals surface area contributed by atoms with Gasteiger partial charge in [-0.05, 0) is 35.7 Å². The number of carbonyl (C=O) groups is 1. The summed E-state index contributed by atoms with van der Waals surface area (Å²) in [5, 5.41) is 15.2. The lowest BCUT2D eigenvalue weighted by atomic mass is 9.94. The van der Waals surface area contributed by atoms with E-state index in [1.165, 1.54) is 6.07 Å². The number of aliphatic hydroxyl groups is 1. The molecule has 0 aliphatic carbocycles. The molecule has 3 aromatic carbocycles. The zero-order valence-corrected chi connectivity index (χ0v) is 15.2. The maximum Gasteiger partial charge on any atom is 0.319 e. The van der Waals surface area contributed by atoms with E-state index in [1.54, 1.807) is 19.1 Å². The molecular formula is C22H20F2N2O2. The predicted octanol–water partition coefficient (Wildman–Crippen LogP) is 4.66. The number of amides is 2. The Hall–Kier alpha value is -3.25. The summed E-state index contributed by atoms with van der Waals surface area (Å²) in [4.78, 5) is 12.0. The van der Waals surface area contributed by atoms with E-state index in [4.69, 9.17) is 0 Å². The third kappa shape index (κ3) is 4.53. The number of rotatable bonds is 5. The van der Waals surface area contributed by atoms with Crippen molar-refractivity contribution in [1.29, 1.82) is 0 Å². The van der Waals surface area contributed by atoms with Crippen molar-refractivity contribution in [3.63, 3.8) is 0 Å². The second-order valence-corrected chi connectivity index (χ2v) is 6.62. The van der Waals surface area contributed by atoms with E-state index in [9.17, 15) is 18.7 Å². The molecule has 4 nitrogen and oxygen atoms in total. The van der Waals surface area contributed by atoms with Crippen LogP contribution in [0.2, 0.25) is 0 Å². The molecule has 0 aliphatic rings. The highest BCUT2D eigenvalue weighted by molar-refractivity contribution is 5.89. The van der Waals surface area contributed by atoms with Crippen LogP contribution in [-0.2, 0) is 5.60 Å². The number of carbonyl (C=O) groups excluding carboxylic acids is 1. The van der Waals surface area contributed by atoms with Gasteiger partial charge in [-0.25, -0.2) is 13.6 Å². The van der Waals surface area contributed by atoms with Crippen molar-refractivity contribution < 1.29 is 18.7 Å². The van der Waals surface area contributed by atoms with Crippen molar-refractivity contribution in [2.24, 2.45) is 0 Å². The Balaban J connectivity index is 1.64. The molecule has 144 valence electrons. The molecule has 28 heavy (non-hydrogen) atoms. The van der Waals surface area contributed by atoms with Gasteiger partial charge in [0, 0.05) is 0 Å². The Morgan fingerprint density at radius 3 is 2.07 bits per heavy atom. The van der Waals surface area contributed by atoms with Crippen LogP contribution in [0.15, 0.2) is 72.8 Å². The first-order chi connectivity index (χ1) is 13.4. The number of urea groups is 1. The van der Waals surface area contributed by atoms with Crippen LogP contribution < -0.4 is 10.6 Å². The molecule has 0 saturated heterocycles. The fourth-order valence-electron chi connectivity index (χ4n) is 2.78. The number of benzene rings is 3. The van der Waals surface area contributed by atoms with Gasteiger partial charge in [0.05, 0.1) is 6.54 Å². The predicted molar refractivity (Wildman–Crippen MR) is 105 cm³/mol. The first-order valence-electron chi connectivity index (χ1n) is 8.74. The van der Waals surface area contributed by atoms with Crippen LogP contribution in [0.1, 0.15) is 12.5 Å². The average Bonchev–Trinajstić information content (AvgIpc) is 2.70. The van der Waals surface area contributed by atoms with Crippen molar-refractivity contribution in [3.05, 3.63) is 90.0 Å². The van der Waals surface area contributed by atoms with Crippen LogP contribution in [0.4, 0.5) is 19.3 Å². The Morgan fingerprint density at radius 2 is 1.46 bits per heavy atom. The van der Waals surface area contributed by atoms with E-state index in [-0.39, 0.29) is 6.54 Å². The minimum Gasteiger partial charge on any atom is -0.384 e. The smallest absolute Gasteiger partial charge is 0.319 e. The fraction of sp³-hybridized carbons (Fsp3) is 0.136. The van der Waals surface area contributed by atoms with Gasteiger partial charge in [-0.2, -0.15) is 0 Å². The Labute approximate surface area is 161 Å². The Kier molecular flexibility index (Phi) is 5.70. The average molecular weight is 382 g/mol. The van der Waals surface area contributed by atoms with Crippen LogP contribution in [0.25, 0.3) is 11.1 Å². The number of anilines is 1. The molecule has 0 heterocycles. The van der Waals surface area contributed by atoms with Gasteiger partial charge in [0.25, 0.3) is 0 Å². The molecule has 1 atom stereocenters. The SMILES string of the molecule is CC(O)(CNC(=O)Nc1c(F)cccc1F)c1ccc(-c2ccccc2)cc1. The quantitative estimate of drug-likeness (QED) is 0.601. The van der Waals surface area contributed by atoms with Crippen molar-refractivity contribution in [1.82, 2.24) is 5.32 Å². The number of halogens is 2. The van der Waals surface area contributed by atoms with Gasteiger partial charge < -0.3 is 15.7 Å². The topological polar surface area (TPSA) is 61.4 Å². The maximum absolute atomic E-state index is 13.6. The zero-order chi connectivity index (χ0) is 20.1. The summed E-state index contributed by atoms with van der Waals surface area (Å²) in [7, 11) is 0. The van der Waals surface area contributed by atoms with Gasteiger partial charge in [-0.3, -0.25) is 0 Å². The molecule has 0 saturated carbocycles. The van der Waals surface area contributed by atoms with Gasteiger partial charge in [0.1, 0.15) is 22.9 Å². The summed E-state index contributed by atoms with van der Waals surface area (Å²) in [6.07, 6.45) is 0. The molecule has 2 amide bonds. The molecule has 0 spiro atoms. The van der Waals surface area contributed by atoms with E-state index < -0.39 is 29.0 Å².